The molecule has 0 amide bonds. The Labute approximate surface area is 109 Å². The summed E-state index contributed by atoms with van der Waals surface area (Å²) < 4.78 is 0. The molecule has 0 saturated carbocycles. The van der Waals surface area contributed by atoms with Gasteiger partial charge in [-0.15, -0.1) is 0 Å². The van der Waals surface area contributed by atoms with Crippen LogP contribution in [0, 0.1) is 0 Å². The smallest absolute Gasteiger partial charge is 0.0931 e. The van der Waals surface area contributed by atoms with Gasteiger partial charge in [-0.05, 0) is 32.0 Å². The van der Waals surface area contributed by atoms with Crippen molar-refractivity contribution in [3.8, 4) is 0 Å². The van der Waals surface area contributed by atoms with Crippen molar-refractivity contribution in [2.24, 2.45) is 0 Å². The first-order chi connectivity index (χ1) is 8.70. The van der Waals surface area contributed by atoms with Gasteiger partial charge in [-0.25, -0.2) is 0 Å². The number of aromatic nitrogens is 1. The molecule has 0 aromatic carbocycles. The van der Waals surface area contributed by atoms with Crippen LogP contribution in [-0.2, 0) is 0 Å². The fourth-order valence-electron chi connectivity index (χ4n) is 2.38. The maximum Gasteiger partial charge on any atom is 0.0931 e. The van der Waals surface area contributed by atoms with E-state index in [0.29, 0.717) is 0 Å². The summed E-state index contributed by atoms with van der Waals surface area (Å²) in [6.45, 7) is 9.56. The Balaban J connectivity index is 1.93. The van der Waals surface area contributed by atoms with E-state index in [9.17, 15) is 5.11 Å². The Kier molecular flexibility index (Phi) is 4.55. The largest absolute Gasteiger partial charge is 0.387 e. The Morgan fingerprint density at radius 3 is 2.50 bits per heavy atom. The monoisotopic (exact) mass is 249 g/mol. The molecule has 0 unspecified atom stereocenters. The average Bonchev–Trinajstić information content (AvgIpc) is 2.40. The molecule has 2 heterocycles. The lowest BCUT2D eigenvalue weighted by Gasteiger charge is -2.35. The molecule has 1 aliphatic heterocycles. The maximum atomic E-state index is 9.44. The van der Waals surface area contributed by atoms with Gasteiger partial charge in [0.05, 0.1) is 23.7 Å². The molecule has 1 fully saturated rings. The number of hydrogen-bond donors (Lipinski definition) is 1. The number of piperazine rings is 1. The van der Waals surface area contributed by atoms with Crippen molar-refractivity contribution in [2.45, 2.75) is 26.4 Å². The second kappa shape index (κ2) is 6.16. The molecule has 1 N–H and O–H groups in total. The predicted octanol–water partition coefficient (Wildman–Crippen LogP) is 1.67. The van der Waals surface area contributed by atoms with Crippen LogP contribution < -0.4 is 4.90 Å². The summed E-state index contributed by atoms with van der Waals surface area (Å²) in [4.78, 5) is 9.18. The van der Waals surface area contributed by atoms with Gasteiger partial charge >= 0.3 is 0 Å². The van der Waals surface area contributed by atoms with Gasteiger partial charge in [0, 0.05) is 26.2 Å². The third kappa shape index (κ3) is 3.21. The molecule has 1 atom stereocenters. The van der Waals surface area contributed by atoms with E-state index in [0.717, 1.165) is 37.6 Å². The molecule has 1 aromatic rings. The zero-order valence-electron chi connectivity index (χ0n) is 11.3. The van der Waals surface area contributed by atoms with Crippen LogP contribution in [0.3, 0.4) is 0 Å². The second-order valence-electron chi connectivity index (χ2n) is 4.95. The number of hydrogen-bond acceptors (Lipinski definition) is 4. The van der Waals surface area contributed by atoms with Gasteiger partial charge in [0.15, 0.2) is 0 Å². The topological polar surface area (TPSA) is 39.6 Å². The minimum absolute atomic E-state index is 0.486. The van der Waals surface area contributed by atoms with Crippen LogP contribution in [0.15, 0.2) is 18.3 Å². The van der Waals surface area contributed by atoms with E-state index < -0.39 is 6.10 Å². The summed E-state index contributed by atoms with van der Waals surface area (Å²) in [5.74, 6) is 0. The molecular weight excluding hydrogens is 226 g/mol. The zero-order chi connectivity index (χ0) is 13.0. The number of aliphatic hydroxyl groups is 1. The number of pyridine rings is 1. The second-order valence-corrected chi connectivity index (χ2v) is 4.95. The molecule has 18 heavy (non-hydrogen) atoms. The highest BCUT2D eigenvalue weighted by atomic mass is 16.3. The van der Waals surface area contributed by atoms with Crippen LogP contribution in [-0.4, -0.2) is 47.7 Å². The molecule has 4 heteroatoms. The van der Waals surface area contributed by atoms with E-state index in [1.807, 2.05) is 12.3 Å². The Bertz CT molecular complexity index is 356. The van der Waals surface area contributed by atoms with Crippen molar-refractivity contribution in [1.82, 2.24) is 9.88 Å². The Hall–Kier alpha value is -1.13. The van der Waals surface area contributed by atoms with Crippen molar-refractivity contribution in [3.63, 3.8) is 0 Å². The fourth-order valence-corrected chi connectivity index (χ4v) is 2.38. The number of rotatable bonds is 4. The molecule has 1 aromatic heterocycles. The van der Waals surface area contributed by atoms with Gasteiger partial charge in [-0.1, -0.05) is 6.92 Å². The molecule has 1 aliphatic rings. The first-order valence-corrected chi connectivity index (χ1v) is 6.82. The number of aliphatic hydroxyl groups excluding tert-OH is 1. The molecule has 100 valence electrons. The summed E-state index contributed by atoms with van der Waals surface area (Å²) >= 11 is 0. The summed E-state index contributed by atoms with van der Waals surface area (Å²) in [6.07, 6.45) is 2.61. The standard InChI is InChI=1S/C14H23N3O/c1-3-6-16-7-9-17(10-8-16)13-4-5-14(12(2)18)15-11-13/h4-5,11-12,18H,3,6-10H2,1-2H3/t12-/m1/s1. The Morgan fingerprint density at radius 2 is 2.00 bits per heavy atom. The molecule has 0 bridgehead atoms. The first-order valence-electron chi connectivity index (χ1n) is 6.82. The summed E-state index contributed by atoms with van der Waals surface area (Å²) in [5.41, 5.74) is 1.90. The van der Waals surface area contributed by atoms with E-state index in [4.69, 9.17) is 0 Å². The predicted molar refractivity (Wildman–Crippen MR) is 73.8 cm³/mol. The van der Waals surface area contributed by atoms with Crippen LogP contribution in [0.4, 0.5) is 5.69 Å². The van der Waals surface area contributed by atoms with Gasteiger partial charge in [0.25, 0.3) is 0 Å². The lowest BCUT2D eigenvalue weighted by molar-refractivity contribution is 0.194. The van der Waals surface area contributed by atoms with Gasteiger partial charge in [-0.3, -0.25) is 9.88 Å². The van der Waals surface area contributed by atoms with Crippen molar-refractivity contribution in [3.05, 3.63) is 24.0 Å². The summed E-state index contributed by atoms with van der Waals surface area (Å²) in [5, 5.41) is 9.44. The van der Waals surface area contributed by atoms with Crippen molar-refractivity contribution < 1.29 is 5.11 Å². The van der Waals surface area contributed by atoms with E-state index in [1.165, 1.54) is 13.0 Å². The normalized spacial score (nSPS) is 18.9. The molecule has 0 aliphatic carbocycles. The third-order valence-electron chi connectivity index (χ3n) is 3.48. The quantitative estimate of drug-likeness (QED) is 0.881. The molecule has 4 nitrogen and oxygen atoms in total. The van der Waals surface area contributed by atoms with E-state index >= 15 is 0 Å². The fraction of sp³-hybridized carbons (Fsp3) is 0.643. The average molecular weight is 249 g/mol. The molecule has 2 rings (SSSR count). The molecule has 0 radical (unpaired) electrons. The number of nitrogens with zero attached hydrogens (tertiary/aromatic N) is 3. The molecule has 0 spiro atoms. The van der Waals surface area contributed by atoms with E-state index in [2.05, 4.69) is 27.8 Å². The number of anilines is 1. The van der Waals surface area contributed by atoms with E-state index in [1.54, 1.807) is 6.92 Å². The lowest BCUT2D eigenvalue weighted by atomic mass is 10.2. The third-order valence-corrected chi connectivity index (χ3v) is 3.48. The highest BCUT2D eigenvalue weighted by molar-refractivity contribution is 5.45. The summed E-state index contributed by atoms with van der Waals surface area (Å²) in [6, 6.07) is 3.98. The highest BCUT2D eigenvalue weighted by Crippen LogP contribution is 2.17. The van der Waals surface area contributed by atoms with Crippen molar-refractivity contribution in [1.29, 1.82) is 0 Å². The van der Waals surface area contributed by atoms with E-state index in [-0.39, 0.29) is 0 Å². The van der Waals surface area contributed by atoms with Gasteiger partial charge in [-0.2, -0.15) is 0 Å². The highest BCUT2D eigenvalue weighted by Gasteiger charge is 2.16. The van der Waals surface area contributed by atoms with Crippen LogP contribution in [0.2, 0.25) is 0 Å². The van der Waals surface area contributed by atoms with Gasteiger partial charge < -0.3 is 10.0 Å². The van der Waals surface area contributed by atoms with Crippen LogP contribution in [0.5, 0.6) is 0 Å². The van der Waals surface area contributed by atoms with Crippen LogP contribution in [0.25, 0.3) is 0 Å². The SMILES string of the molecule is CCCN1CCN(c2ccc([C@@H](C)O)nc2)CC1. The molecular formula is C14H23N3O. The zero-order valence-corrected chi connectivity index (χ0v) is 11.3. The lowest BCUT2D eigenvalue weighted by Crippen LogP contribution is -2.46. The van der Waals surface area contributed by atoms with Gasteiger partial charge in [0.1, 0.15) is 0 Å². The minimum atomic E-state index is -0.486. The maximum absolute atomic E-state index is 9.44. The van der Waals surface area contributed by atoms with Crippen molar-refractivity contribution in [2.75, 3.05) is 37.6 Å². The van der Waals surface area contributed by atoms with Crippen LogP contribution in [0.1, 0.15) is 32.1 Å². The molecule has 1 saturated heterocycles. The van der Waals surface area contributed by atoms with Crippen molar-refractivity contribution >= 4 is 5.69 Å². The van der Waals surface area contributed by atoms with Gasteiger partial charge in [0.2, 0.25) is 0 Å². The van der Waals surface area contributed by atoms with Crippen LogP contribution >= 0.6 is 0 Å². The Morgan fingerprint density at radius 1 is 1.28 bits per heavy atom. The first kappa shape index (κ1) is 13.3. The summed E-state index contributed by atoms with van der Waals surface area (Å²) in [7, 11) is 0. The minimum Gasteiger partial charge on any atom is -0.387 e.